The first-order chi connectivity index (χ1) is 11.6. The van der Waals surface area contributed by atoms with Crippen LogP contribution in [0.25, 0.3) is 0 Å². The van der Waals surface area contributed by atoms with E-state index >= 15 is 0 Å². The van der Waals surface area contributed by atoms with Gasteiger partial charge < -0.3 is 10.1 Å². The minimum Gasteiger partial charge on any atom is -0.497 e. The van der Waals surface area contributed by atoms with Gasteiger partial charge in [0.15, 0.2) is 0 Å². The SMILES string of the molecule is CCN(CC(=O)NCC1CCCCC1)C(C)c1cccc(OC)c1. The second-order valence-corrected chi connectivity index (χ2v) is 6.82. The molecule has 0 radical (unpaired) electrons. The van der Waals surface area contributed by atoms with Crippen LogP contribution in [0.15, 0.2) is 24.3 Å². The molecule has 1 N–H and O–H groups in total. The normalized spacial score (nSPS) is 16.8. The molecular formula is C20H32N2O2. The summed E-state index contributed by atoms with van der Waals surface area (Å²) in [4.78, 5) is 14.5. The Morgan fingerprint density at radius 2 is 2.08 bits per heavy atom. The molecule has 0 aliphatic heterocycles. The van der Waals surface area contributed by atoms with E-state index < -0.39 is 0 Å². The molecule has 134 valence electrons. The highest BCUT2D eigenvalue weighted by Crippen LogP contribution is 2.24. The van der Waals surface area contributed by atoms with Gasteiger partial charge in [0.1, 0.15) is 5.75 Å². The Labute approximate surface area is 146 Å². The maximum absolute atomic E-state index is 12.3. The van der Waals surface area contributed by atoms with Crippen molar-refractivity contribution in [1.82, 2.24) is 10.2 Å². The molecule has 1 aromatic carbocycles. The van der Waals surface area contributed by atoms with E-state index in [1.807, 2.05) is 18.2 Å². The summed E-state index contributed by atoms with van der Waals surface area (Å²) in [6.45, 7) is 6.37. The number of likely N-dealkylation sites (N-methyl/N-ethyl adjacent to an activating group) is 1. The Kier molecular flexibility index (Phi) is 7.57. The number of hydrogen-bond acceptors (Lipinski definition) is 3. The molecule has 0 saturated heterocycles. The van der Waals surface area contributed by atoms with Gasteiger partial charge in [-0.2, -0.15) is 0 Å². The number of methoxy groups -OCH3 is 1. The number of amides is 1. The number of nitrogens with one attached hydrogen (secondary N) is 1. The Morgan fingerprint density at radius 3 is 2.75 bits per heavy atom. The van der Waals surface area contributed by atoms with Gasteiger partial charge in [0.05, 0.1) is 13.7 Å². The standard InChI is InChI=1S/C20H32N2O2/c1-4-22(16(2)18-11-8-12-19(13-18)24-3)15-20(23)21-14-17-9-6-5-7-10-17/h8,11-13,16-17H,4-7,9-10,14-15H2,1-3H3,(H,21,23). The van der Waals surface area contributed by atoms with E-state index in [1.54, 1.807) is 7.11 Å². The minimum absolute atomic E-state index is 0.136. The Hall–Kier alpha value is -1.55. The van der Waals surface area contributed by atoms with Crippen LogP contribution in [0.4, 0.5) is 0 Å². The van der Waals surface area contributed by atoms with E-state index in [9.17, 15) is 4.79 Å². The smallest absolute Gasteiger partial charge is 0.234 e. The zero-order valence-electron chi connectivity index (χ0n) is 15.4. The van der Waals surface area contributed by atoms with Crippen LogP contribution in [0.2, 0.25) is 0 Å². The molecule has 1 atom stereocenters. The fraction of sp³-hybridized carbons (Fsp3) is 0.650. The van der Waals surface area contributed by atoms with E-state index in [2.05, 4.69) is 30.1 Å². The summed E-state index contributed by atoms with van der Waals surface area (Å²) in [5.74, 6) is 1.67. The Balaban J connectivity index is 1.86. The van der Waals surface area contributed by atoms with Crippen molar-refractivity contribution in [3.63, 3.8) is 0 Å². The van der Waals surface area contributed by atoms with Crippen LogP contribution in [0.3, 0.4) is 0 Å². The summed E-state index contributed by atoms with van der Waals surface area (Å²) in [6, 6.07) is 8.28. The lowest BCUT2D eigenvalue weighted by Crippen LogP contribution is -2.40. The number of nitrogens with zero attached hydrogens (tertiary/aromatic N) is 1. The quantitative estimate of drug-likeness (QED) is 0.788. The molecule has 1 aromatic rings. The molecule has 0 spiro atoms. The molecule has 0 bridgehead atoms. The number of benzene rings is 1. The van der Waals surface area contributed by atoms with Crippen molar-refractivity contribution in [2.45, 2.75) is 52.0 Å². The van der Waals surface area contributed by atoms with Crippen molar-refractivity contribution in [1.29, 1.82) is 0 Å². The van der Waals surface area contributed by atoms with Gasteiger partial charge in [-0.15, -0.1) is 0 Å². The third-order valence-electron chi connectivity index (χ3n) is 5.19. The van der Waals surface area contributed by atoms with Crippen molar-refractivity contribution in [3.05, 3.63) is 29.8 Å². The van der Waals surface area contributed by atoms with E-state index in [4.69, 9.17) is 4.74 Å². The van der Waals surface area contributed by atoms with Gasteiger partial charge in [-0.1, -0.05) is 38.3 Å². The largest absolute Gasteiger partial charge is 0.497 e. The second kappa shape index (κ2) is 9.67. The van der Waals surface area contributed by atoms with Gasteiger partial charge >= 0.3 is 0 Å². The molecular weight excluding hydrogens is 300 g/mol. The van der Waals surface area contributed by atoms with Crippen LogP contribution in [0.5, 0.6) is 5.75 Å². The molecule has 2 rings (SSSR count). The lowest BCUT2D eigenvalue weighted by molar-refractivity contribution is -0.123. The van der Waals surface area contributed by atoms with Crippen LogP contribution in [0.1, 0.15) is 57.6 Å². The third kappa shape index (κ3) is 5.52. The second-order valence-electron chi connectivity index (χ2n) is 6.82. The number of ether oxygens (including phenoxy) is 1. The van der Waals surface area contributed by atoms with Gasteiger partial charge in [-0.25, -0.2) is 0 Å². The Morgan fingerprint density at radius 1 is 1.33 bits per heavy atom. The fourth-order valence-corrected chi connectivity index (χ4v) is 3.52. The average molecular weight is 332 g/mol. The Bertz CT molecular complexity index is 512. The monoisotopic (exact) mass is 332 g/mol. The zero-order valence-corrected chi connectivity index (χ0v) is 15.4. The van der Waals surface area contributed by atoms with Crippen molar-refractivity contribution < 1.29 is 9.53 Å². The molecule has 4 nitrogen and oxygen atoms in total. The van der Waals surface area contributed by atoms with Gasteiger partial charge in [-0.05, 0) is 49.9 Å². The molecule has 0 aromatic heterocycles. The molecule has 1 amide bonds. The predicted molar refractivity (Wildman–Crippen MR) is 98.2 cm³/mol. The molecule has 1 aliphatic carbocycles. The number of carbonyl (C=O) groups excluding carboxylic acids is 1. The summed E-state index contributed by atoms with van der Waals surface area (Å²) in [7, 11) is 1.68. The van der Waals surface area contributed by atoms with E-state index in [0.29, 0.717) is 12.5 Å². The molecule has 0 heterocycles. The fourth-order valence-electron chi connectivity index (χ4n) is 3.52. The molecule has 1 unspecified atom stereocenters. The number of hydrogen-bond donors (Lipinski definition) is 1. The maximum atomic E-state index is 12.3. The zero-order chi connectivity index (χ0) is 17.4. The van der Waals surface area contributed by atoms with Crippen molar-refractivity contribution in [2.24, 2.45) is 5.92 Å². The van der Waals surface area contributed by atoms with Crippen LogP contribution in [-0.2, 0) is 4.79 Å². The summed E-state index contributed by atoms with van der Waals surface area (Å²) >= 11 is 0. The van der Waals surface area contributed by atoms with Crippen LogP contribution < -0.4 is 10.1 Å². The van der Waals surface area contributed by atoms with Crippen LogP contribution >= 0.6 is 0 Å². The molecule has 1 saturated carbocycles. The van der Waals surface area contributed by atoms with Crippen LogP contribution in [0, 0.1) is 5.92 Å². The van der Waals surface area contributed by atoms with Gasteiger partial charge in [0.25, 0.3) is 0 Å². The lowest BCUT2D eigenvalue weighted by atomic mass is 9.89. The highest BCUT2D eigenvalue weighted by atomic mass is 16.5. The third-order valence-corrected chi connectivity index (χ3v) is 5.19. The first-order valence-electron chi connectivity index (χ1n) is 9.28. The predicted octanol–water partition coefficient (Wildman–Crippen LogP) is 3.77. The molecule has 1 fully saturated rings. The highest BCUT2D eigenvalue weighted by molar-refractivity contribution is 5.78. The van der Waals surface area contributed by atoms with Crippen molar-refractivity contribution in [2.75, 3.05) is 26.7 Å². The lowest BCUT2D eigenvalue weighted by Gasteiger charge is -2.28. The van der Waals surface area contributed by atoms with E-state index in [0.717, 1.165) is 18.8 Å². The van der Waals surface area contributed by atoms with E-state index in [1.165, 1.54) is 37.7 Å². The number of rotatable bonds is 8. The van der Waals surface area contributed by atoms with Gasteiger partial charge in [-0.3, -0.25) is 9.69 Å². The molecule has 4 heteroatoms. The summed E-state index contributed by atoms with van der Waals surface area (Å²) in [6.07, 6.45) is 6.51. The van der Waals surface area contributed by atoms with Crippen LogP contribution in [-0.4, -0.2) is 37.6 Å². The van der Waals surface area contributed by atoms with Gasteiger partial charge in [0, 0.05) is 12.6 Å². The summed E-state index contributed by atoms with van der Waals surface area (Å²) in [5.41, 5.74) is 1.18. The topological polar surface area (TPSA) is 41.6 Å². The maximum Gasteiger partial charge on any atom is 0.234 e. The molecule has 1 aliphatic rings. The van der Waals surface area contributed by atoms with Crippen molar-refractivity contribution >= 4 is 5.91 Å². The first-order valence-corrected chi connectivity index (χ1v) is 9.28. The first kappa shape index (κ1) is 18.8. The molecule has 24 heavy (non-hydrogen) atoms. The number of carbonyl (C=O) groups is 1. The van der Waals surface area contributed by atoms with E-state index in [-0.39, 0.29) is 11.9 Å². The summed E-state index contributed by atoms with van der Waals surface area (Å²) in [5, 5.41) is 3.14. The summed E-state index contributed by atoms with van der Waals surface area (Å²) < 4.78 is 5.31. The highest BCUT2D eigenvalue weighted by Gasteiger charge is 2.19. The minimum atomic E-state index is 0.136. The van der Waals surface area contributed by atoms with Gasteiger partial charge in [0.2, 0.25) is 5.91 Å². The van der Waals surface area contributed by atoms with Crippen molar-refractivity contribution in [3.8, 4) is 5.75 Å². The average Bonchev–Trinajstić information content (AvgIpc) is 2.64.